The number of aliphatic imine (C=N–C) groups is 1. The summed E-state index contributed by atoms with van der Waals surface area (Å²) in [6, 6.07) is 18.5. The highest BCUT2D eigenvalue weighted by atomic mass is 79.9. The molecule has 0 aromatic heterocycles. The lowest BCUT2D eigenvalue weighted by Gasteiger charge is -2.02. The molecule has 0 bridgehead atoms. The van der Waals surface area contributed by atoms with Crippen LogP contribution in [-0.2, 0) is 6.54 Å². The molecule has 86 valence electrons. The van der Waals surface area contributed by atoms with Gasteiger partial charge in [0, 0.05) is 10.2 Å². The molecule has 1 nitrogen and oxygen atoms in total. The third kappa shape index (κ3) is 3.53. The van der Waals surface area contributed by atoms with Crippen molar-refractivity contribution in [2.24, 2.45) is 4.99 Å². The Hall–Kier alpha value is -1.41. The van der Waals surface area contributed by atoms with Crippen molar-refractivity contribution in [3.05, 3.63) is 70.2 Å². The van der Waals surface area contributed by atoms with E-state index < -0.39 is 0 Å². The van der Waals surface area contributed by atoms with E-state index in [1.54, 1.807) is 0 Å². The van der Waals surface area contributed by atoms with Gasteiger partial charge in [0.15, 0.2) is 0 Å². The van der Waals surface area contributed by atoms with Gasteiger partial charge in [0.05, 0.1) is 6.54 Å². The second-order valence-corrected chi connectivity index (χ2v) is 4.81. The second-order valence-electron chi connectivity index (χ2n) is 3.89. The van der Waals surface area contributed by atoms with Gasteiger partial charge in [0.25, 0.3) is 0 Å². The molecule has 0 atom stereocenters. The van der Waals surface area contributed by atoms with Gasteiger partial charge in [-0.05, 0) is 30.2 Å². The predicted molar refractivity (Wildman–Crippen MR) is 76.5 cm³/mol. The van der Waals surface area contributed by atoms with Gasteiger partial charge in [-0.25, -0.2) is 0 Å². The van der Waals surface area contributed by atoms with Crippen molar-refractivity contribution in [1.29, 1.82) is 0 Å². The molecule has 0 saturated heterocycles. The predicted octanol–water partition coefficient (Wildman–Crippen LogP) is 4.46. The molecular weight excluding hydrogens is 274 g/mol. The van der Waals surface area contributed by atoms with Gasteiger partial charge < -0.3 is 0 Å². The van der Waals surface area contributed by atoms with Crippen LogP contribution in [0.4, 0.5) is 0 Å². The summed E-state index contributed by atoms with van der Waals surface area (Å²) in [7, 11) is 0. The van der Waals surface area contributed by atoms with E-state index in [4.69, 9.17) is 0 Å². The van der Waals surface area contributed by atoms with Crippen molar-refractivity contribution in [3.63, 3.8) is 0 Å². The Kier molecular flexibility index (Phi) is 4.10. The molecule has 0 amide bonds. The van der Waals surface area contributed by atoms with Gasteiger partial charge in [-0.1, -0.05) is 58.4 Å². The van der Waals surface area contributed by atoms with E-state index in [1.807, 2.05) is 37.3 Å². The summed E-state index contributed by atoms with van der Waals surface area (Å²) in [5, 5.41) is 0. The van der Waals surface area contributed by atoms with E-state index in [0.717, 1.165) is 16.7 Å². The van der Waals surface area contributed by atoms with Crippen molar-refractivity contribution in [2.75, 3.05) is 0 Å². The van der Waals surface area contributed by atoms with Crippen LogP contribution in [0.5, 0.6) is 0 Å². The number of hydrogen-bond acceptors (Lipinski definition) is 1. The molecular formula is C15H14BrN. The molecule has 0 aliphatic heterocycles. The highest BCUT2D eigenvalue weighted by Crippen LogP contribution is 2.11. The zero-order chi connectivity index (χ0) is 12.1. The molecule has 0 fully saturated rings. The largest absolute Gasteiger partial charge is 0.285 e. The lowest BCUT2D eigenvalue weighted by atomic mass is 10.1. The quantitative estimate of drug-likeness (QED) is 0.739. The average Bonchev–Trinajstić information content (AvgIpc) is 2.38. The van der Waals surface area contributed by atoms with Crippen LogP contribution >= 0.6 is 15.9 Å². The standard InChI is InChI=1S/C15H14BrN/c1-12(14-7-9-15(16)10-8-14)17-11-13-5-3-2-4-6-13/h2-10H,11H2,1H3. The zero-order valence-electron chi connectivity index (χ0n) is 9.73. The molecule has 0 unspecified atom stereocenters. The summed E-state index contributed by atoms with van der Waals surface area (Å²) in [4.78, 5) is 4.60. The maximum Gasteiger partial charge on any atom is 0.0643 e. The molecule has 2 aromatic rings. The van der Waals surface area contributed by atoms with Crippen LogP contribution in [0.15, 0.2) is 64.1 Å². The minimum Gasteiger partial charge on any atom is -0.285 e. The minimum absolute atomic E-state index is 0.739. The van der Waals surface area contributed by atoms with Crippen LogP contribution in [-0.4, -0.2) is 5.71 Å². The third-order valence-corrected chi connectivity index (χ3v) is 3.13. The molecule has 2 aromatic carbocycles. The number of hydrogen-bond donors (Lipinski definition) is 0. The van der Waals surface area contributed by atoms with Gasteiger partial charge in [-0.3, -0.25) is 4.99 Å². The van der Waals surface area contributed by atoms with Gasteiger partial charge in [0.2, 0.25) is 0 Å². The van der Waals surface area contributed by atoms with Crippen molar-refractivity contribution < 1.29 is 0 Å². The van der Waals surface area contributed by atoms with Crippen molar-refractivity contribution in [1.82, 2.24) is 0 Å². The Morgan fingerprint density at radius 3 is 2.29 bits per heavy atom. The second kappa shape index (κ2) is 5.78. The van der Waals surface area contributed by atoms with Crippen LogP contribution in [0.25, 0.3) is 0 Å². The van der Waals surface area contributed by atoms with Crippen molar-refractivity contribution in [2.45, 2.75) is 13.5 Å². The number of nitrogens with zero attached hydrogens (tertiary/aromatic N) is 1. The fourth-order valence-electron chi connectivity index (χ4n) is 1.58. The molecule has 0 radical (unpaired) electrons. The Labute approximate surface area is 110 Å². The summed E-state index contributed by atoms with van der Waals surface area (Å²) >= 11 is 3.43. The first-order valence-corrected chi connectivity index (χ1v) is 6.36. The van der Waals surface area contributed by atoms with E-state index in [0.29, 0.717) is 0 Å². The summed E-state index contributed by atoms with van der Waals surface area (Å²) in [5.74, 6) is 0. The molecule has 17 heavy (non-hydrogen) atoms. The van der Waals surface area contributed by atoms with Gasteiger partial charge in [-0.2, -0.15) is 0 Å². The Morgan fingerprint density at radius 2 is 1.65 bits per heavy atom. The number of benzene rings is 2. The van der Waals surface area contributed by atoms with Gasteiger partial charge in [0.1, 0.15) is 0 Å². The van der Waals surface area contributed by atoms with E-state index in [2.05, 4.69) is 45.2 Å². The van der Waals surface area contributed by atoms with Crippen LogP contribution in [0.2, 0.25) is 0 Å². The summed E-state index contributed by atoms with van der Waals surface area (Å²) < 4.78 is 1.09. The smallest absolute Gasteiger partial charge is 0.0643 e. The highest BCUT2D eigenvalue weighted by molar-refractivity contribution is 9.10. The van der Waals surface area contributed by atoms with Crippen LogP contribution in [0, 0.1) is 0 Å². The first-order valence-electron chi connectivity index (χ1n) is 5.56. The lowest BCUT2D eigenvalue weighted by molar-refractivity contribution is 1.06. The number of halogens is 1. The first-order chi connectivity index (χ1) is 8.25. The molecule has 2 rings (SSSR count). The van der Waals surface area contributed by atoms with Crippen LogP contribution in [0.1, 0.15) is 18.1 Å². The minimum atomic E-state index is 0.739. The van der Waals surface area contributed by atoms with Crippen molar-refractivity contribution in [3.8, 4) is 0 Å². The summed E-state index contributed by atoms with van der Waals surface area (Å²) in [6.07, 6.45) is 0. The SMILES string of the molecule is CC(=NCc1ccccc1)c1ccc(Br)cc1. The van der Waals surface area contributed by atoms with Gasteiger partial charge in [-0.15, -0.1) is 0 Å². The fraction of sp³-hybridized carbons (Fsp3) is 0.133. The highest BCUT2D eigenvalue weighted by Gasteiger charge is 1.97. The zero-order valence-corrected chi connectivity index (χ0v) is 11.3. The Morgan fingerprint density at radius 1 is 1.00 bits per heavy atom. The Bertz CT molecular complexity index is 500. The molecule has 0 N–H and O–H groups in total. The van der Waals surface area contributed by atoms with E-state index >= 15 is 0 Å². The monoisotopic (exact) mass is 287 g/mol. The fourth-order valence-corrected chi connectivity index (χ4v) is 1.84. The molecule has 0 spiro atoms. The molecule has 0 aliphatic rings. The third-order valence-electron chi connectivity index (χ3n) is 2.60. The van der Waals surface area contributed by atoms with E-state index in [1.165, 1.54) is 11.1 Å². The maximum atomic E-state index is 4.60. The lowest BCUT2D eigenvalue weighted by Crippen LogP contribution is -1.95. The Balaban J connectivity index is 2.10. The van der Waals surface area contributed by atoms with Crippen LogP contribution < -0.4 is 0 Å². The topological polar surface area (TPSA) is 12.4 Å². The molecule has 0 aliphatic carbocycles. The summed E-state index contributed by atoms with van der Waals surface area (Å²) in [5.41, 5.74) is 3.48. The molecule has 0 saturated carbocycles. The first kappa shape index (κ1) is 12.1. The van der Waals surface area contributed by atoms with Gasteiger partial charge >= 0.3 is 0 Å². The molecule has 2 heteroatoms. The van der Waals surface area contributed by atoms with E-state index in [9.17, 15) is 0 Å². The van der Waals surface area contributed by atoms with Crippen LogP contribution in [0.3, 0.4) is 0 Å². The maximum absolute atomic E-state index is 4.60. The molecule has 0 heterocycles. The van der Waals surface area contributed by atoms with Crippen molar-refractivity contribution >= 4 is 21.6 Å². The van der Waals surface area contributed by atoms with E-state index in [-0.39, 0.29) is 0 Å². The number of rotatable bonds is 3. The normalized spacial score (nSPS) is 11.5. The summed E-state index contributed by atoms with van der Waals surface area (Å²) in [6.45, 7) is 2.79. The average molecular weight is 288 g/mol.